The van der Waals surface area contributed by atoms with E-state index in [1.165, 1.54) is 42.2 Å². The summed E-state index contributed by atoms with van der Waals surface area (Å²) in [5, 5.41) is 15.9. The first-order chi connectivity index (χ1) is 29.8. The van der Waals surface area contributed by atoms with Crippen LogP contribution in [0.25, 0.3) is 16.5 Å². The van der Waals surface area contributed by atoms with E-state index in [1.807, 2.05) is 24.3 Å². The number of carbonyl (C=O) groups excluding carboxylic acids is 1. The number of rotatable bonds is 15. The zero-order valence-electron chi connectivity index (χ0n) is 35.3. The monoisotopic (exact) mass is 863 g/mol. The molecular weight excluding hydrogens is 810 g/mol. The highest BCUT2D eigenvalue weighted by atomic mass is 32.2. The summed E-state index contributed by atoms with van der Waals surface area (Å²) in [6.45, 7) is 11.8. The zero-order valence-corrected chi connectivity index (χ0v) is 36.1. The van der Waals surface area contributed by atoms with Crippen molar-refractivity contribution in [2.24, 2.45) is 5.41 Å². The van der Waals surface area contributed by atoms with Crippen LogP contribution in [-0.2, 0) is 10.0 Å². The van der Waals surface area contributed by atoms with Crippen LogP contribution in [0.5, 0.6) is 11.5 Å². The van der Waals surface area contributed by atoms with E-state index in [0.717, 1.165) is 93.2 Å². The minimum Gasteiger partial charge on any atom is -0.456 e. The number of sulfonamides is 1. The maximum Gasteiger partial charge on any atom is 0.293 e. The number of hydrogen-bond donors (Lipinski definition) is 3. The molecule has 3 N–H and O–H groups in total. The molecule has 62 heavy (non-hydrogen) atoms. The molecule has 1 aliphatic carbocycles. The average Bonchev–Trinajstić information content (AvgIpc) is 3.97. The van der Waals surface area contributed by atoms with Crippen LogP contribution in [0, 0.1) is 21.3 Å². The van der Waals surface area contributed by atoms with E-state index in [2.05, 4.69) is 43.6 Å². The van der Waals surface area contributed by atoms with Gasteiger partial charge in [-0.05, 0) is 129 Å². The molecule has 0 bridgehead atoms. The number of halogens is 1. The van der Waals surface area contributed by atoms with Gasteiger partial charge in [0.25, 0.3) is 21.6 Å². The predicted molar refractivity (Wildman–Crippen MR) is 241 cm³/mol. The molecule has 2 aliphatic heterocycles. The molecule has 4 aromatic carbocycles. The number of aromatic nitrogens is 1. The fourth-order valence-electron chi connectivity index (χ4n) is 8.91. The number of nitrogens with zero attached hydrogens (tertiary/aromatic N) is 4. The number of carbonyl (C=O) groups is 1. The van der Waals surface area contributed by atoms with Gasteiger partial charge in [-0.3, -0.25) is 19.8 Å². The van der Waals surface area contributed by atoms with Gasteiger partial charge in [-0.25, -0.2) is 17.5 Å². The van der Waals surface area contributed by atoms with Crippen LogP contribution >= 0.6 is 0 Å². The zero-order chi connectivity index (χ0) is 43.4. The van der Waals surface area contributed by atoms with E-state index in [-0.39, 0.29) is 28.2 Å². The van der Waals surface area contributed by atoms with E-state index in [1.54, 1.807) is 42.6 Å². The fourth-order valence-corrected chi connectivity index (χ4v) is 9.90. The predicted octanol–water partition coefficient (Wildman–Crippen LogP) is 8.81. The lowest BCUT2D eigenvalue weighted by Gasteiger charge is -2.39. The average molecular weight is 864 g/mol. The van der Waals surface area contributed by atoms with Crippen molar-refractivity contribution in [1.82, 2.24) is 19.5 Å². The maximum atomic E-state index is 14.3. The van der Waals surface area contributed by atoms with Crippen molar-refractivity contribution in [3.05, 3.63) is 124 Å². The van der Waals surface area contributed by atoms with Gasteiger partial charge in [-0.2, -0.15) is 0 Å². The first-order valence-corrected chi connectivity index (χ1v) is 22.9. The molecule has 326 valence electrons. The molecule has 8 rings (SSSR count). The Kier molecular flexibility index (Phi) is 12.7. The second kappa shape index (κ2) is 18.3. The largest absolute Gasteiger partial charge is 0.456 e. The number of hydrogen-bond acceptors (Lipinski definition) is 10. The lowest BCUT2D eigenvalue weighted by atomic mass is 9.72. The first-order valence-electron chi connectivity index (χ1n) is 21.5. The van der Waals surface area contributed by atoms with Crippen molar-refractivity contribution in [1.29, 1.82) is 0 Å². The summed E-state index contributed by atoms with van der Waals surface area (Å²) < 4.78 is 50.3. The van der Waals surface area contributed by atoms with E-state index < -0.39 is 31.4 Å². The van der Waals surface area contributed by atoms with E-state index in [4.69, 9.17) is 4.74 Å². The van der Waals surface area contributed by atoms with Gasteiger partial charge in [0.2, 0.25) is 0 Å². The molecule has 1 aromatic heterocycles. The number of fused-ring (bicyclic) bond motifs is 1. The summed E-state index contributed by atoms with van der Waals surface area (Å²) in [6.07, 6.45) is 7.85. The Hall–Kier alpha value is -5.77. The van der Waals surface area contributed by atoms with Crippen molar-refractivity contribution in [3.8, 4) is 11.5 Å². The Morgan fingerprint density at radius 3 is 2.48 bits per heavy atom. The van der Waals surface area contributed by atoms with Gasteiger partial charge in [0.1, 0.15) is 23.0 Å². The lowest BCUT2D eigenvalue weighted by molar-refractivity contribution is -0.384. The van der Waals surface area contributed by atoms with Crippen molar-refractivity contribution < 1.29 is 27.3 Å². The molecule has 3 aliphatic rings. The van der Waals surface area contributed by atoms with Crippen molar-refractivity contribution >= 4 is 49.5 Å². The molecule has 3 heterocycles. The maximum absolute atomic E-state index is 14.3. The number of nitrogens with one attached hydrogen (secondary N) is 3. The summed E-state index contributed by atoms with van der Waals surface area (Å²) >= 11 is 0. The molecule has 1 amide bonds. The highest BCUT2D eigenvalue weighted by Gasteiger charge is 2.31. The van der Waals surface area contributed by atoms with Crippen LogP contribution in [0.2, 0.25) is 0 Å². The number of allylic oxidation sites excluding steroid dienone is 1. The highest BCUT2D eigenvalue weighted by Crippen LogP contribution is 2.43. The quantitative estimate of drug-likeness (QED) is 0.0529. The third kappa shape index (κ3) is 9.96. The molecule has 0 unspecified atom stereocenters. The lowest BCUT2D eigenvalue weighted by Crippen LogP contribution is -2.47. The Labute approximate surface area is 362 Å². The molecule has 2 fully saturated rings. The second-order valence-corrected chi connectivity index (χ2v) is 19.1. The van der Waals surface area contributed by atoms with Gasteiger partial charge in [-0.15, -0.1) is 0 Å². The van der Waals surface area contributed by atoms with Gasteiger partial charge < -0.3 is 24.8 Å². The number of aromatic amines is 1. The Morgan fingerprint density at radius 1 is 0.919 bits per heavy atom. The summed E-state index contributed by atoms with van der Waals surface area (Å²) in [5.74, 6) is -0.546. The van der Waals surface area contributed by atoms with Crippen molar-refractivity contribution in [2.45, 2.75) is 57.3 Å². The molecule has 13 nitrogen and oxygen atoms in total. The molecule has 0 spiro atoms. The van der Waals surface area contributed by atoms with Crippen LogP contribution < -0.4 is 19.7 Å². The van der Waals surface area contributed by atoms with Gasteiger partial charge in [0.05, 0.1) is 15.4 Å². The van der Waals surface area contributed by atoms with Crippen LogP contribution in [0.3, 0.4) is 0 Å². The van der Waals surface area contributed by atoms with E-state index >= 15 is 0 Å². The Bertz CT molecular complexity index is 2600. The van der Waals surface area contributed by atoms with Crippen LogP contribution in [0.4, 0.5) is 21.5 Å². The van der Waals surface area contributed by atoms with Gasteiger partial charge in [0, 0.05) is 74.2 Å². The van der Waals surface area contributed by atoms with Gasteiger partial charge in [0.15, 0.2) is 0 Å². The normalized spacial score (nSPS) is 17.4. The topological polar surface area (TPSA) is 153 Å². The minimum absolute atomic E-state index is 0.0219. The number of nitro benzene ring substituents is 1. The summed E-state index contributed by atoms with van der Waals surface area (Å²) in [7, 11) is -4.55. The smallest absolute Gasteiger partial charge is 0.293 e. The summed E-state index contributed by atoms with van der Waals surface area (Å²) in [4.78, 5) is 35.2. The number of nitro groups is 1. The standard InChI is InChI=1S/C47H54FN7O6S/c1-47(2)18-16-34(40(31-47)33-8-5-9-35(48)28-33)32-53-24-26-54(27-25-53)36-12-14-39(45(29-36)61-44-11-6-10-41-38(44)17-20-50-41)46(56)51-62(59,60)37-13-15-42(43(30-37)55(57)58)49-19-7-23-52-21-3-4-22-52/h5-6,8-15,17,20,28-30,49-50H,3-4,7,16,18-19,21-27,31-32H2,1-2H3,(H,51,56). The van der Waals surface area contributed by atoms with Crippen LogP contribution in [0.1, 0.15) is 68.3 Å². The van der Waals surface area contributed by atoms with Crippen LogP contribution in [0.15, 0.2) is 102 Å². The number of amides is 1. The Balaban J connectivity index is 0.995. The second-order valence-electron chi connectivity index (χ2n) is 17.4. The SMILES string of the molecule is CC1(C)CCC(CN2CCN(c3ccc(C(=O)NS(=O)(=O)c4ccc(NCCCN5CCCC5)c([N+](=O)[O-])c4)c(Oc4cccc5[nH]ccc45)c3)CC2)=C(c2cccc(F)c2)C1. The van der Waals surface area contributed by atoms with Crippen LogP contribution in [-0.4, -0.2) is 92.9 Å². The number of piperazine rings is 1. The molecule has 5 aromatic rings. The Morgan fingerprint density at radius 2 is 1.71 bits per heavy atom. The molecule has 0 atom stereocenters. The molecular formula is C47H54FN7O6S. The number of ether oxygens (including phenoxy) is 1. The van der Waals surface area contributed by atoms with Gasteiger partial charge >= 0.3 is 0 Å². The third-order valence-electron chi connectivity index (χ3n) is 12.4. The highest BCUT2D eigenvalue weighted by molar-refractivity contribution is 7.90. The first kappa shape index (κ1) is 42.9. The van der Waals surface area contributed by atoms with Crippen molar-refractivity contribution in [2.75, 3.05) is 69.1 Å². The van der Waals surface area contributed by atoms with E-state index in [9.17, 15) is 27.7 Å². The molecule has 15 heteroatoms. The van der Waals surface area contributed by atoms with Crippen molar-refractivity contribution in [3.63, 3.8) is 0 Å². The van der Waals surface area contributed by atoms with Gasteiger partial charge in [-0.1, -0.05) is 37.6 Å². The molecule has 0 saturated carbocycles. The number of anilines is 2. The number of benzene rings is 4. The third-order valence-corrected chi connectivity index (χ3v) is 13.7. The molecule has 2 saturated heterocycles. The fraction of sp³-hybridized carbons (Fsp3) is 0.383. The summed E-state index contributed by atoms with van der Waals surface area (Å²) in [6, 6.07) is 23.0. The summed E-state index contributed by atoms with van der Waals surface area (Å²) in [5.41, 5.74) is 5.10. The molecule has 0 radical (unpaired) electrons. The van der Waals surface area contributed by atoms with E-state index in [0.29, 0.717) is 25.4 Å². The number of H-pyrrole nitrogens is 1. The number of likely N-dealkylation sites (tertiary alicyclic amines) is 1. The minimum atomic E-state index is -4.55.